The van der Waals surface area contributed by atoms with Crippen molar-refractivity contribution in [3.8, 4) is 5.69 Å². The molecule has 1 fully saturated rings. The molecule has 1 saturated heterocycles. The Kier molecular flexibility index (Phi) is 2.64. The second kappa shape index (κ2) is 4.29. The third-order valence-corrected chi connectivity index (χ3v) is 3.03. The van der Waals surface area contributed by atoms with E-state index in [1.165, 1.54) is 6.42 Å². The van der Waals surface area contributed by atoms with E-state index < -0.39 is 0 Å². The van der Waals surface area contributed by atoms with Crippen molar-refractivity contribution in [1.29, 1.82) is 0 Å². The van der Waals surface area contributed by atoms with Gasteiger partial charge in [0.1, 0.15) is 18.4 Å². The number of hydrogen-bond acceptors (Lipinski definition) is 4. The van der Waals surface area contributed by atoms with Crippen LogP contribution in [0.1, 0.15) is 31.3 Å². The largest absolute Gasteiger partial charge is 0.357 e. The van der Waals surface area contributed by atoms with Crippen LogP contribution in [0, 0.1) is 6.92 Å². The number of aryl methyl sites for hydroxylation is 1. The molecule has 0 bridgehead atoms. The van der Waals surface area contributed by atoms with Gasteiger partial charge in [0.05, 0.1) is 18.1 Å². The molecule has 1 aliphatic rings. The van der Waals surface area contributed by atoms with Crippen LogP contribution in [0.25, 0.3) is 5.69 Å². The Morgan fingerprint density at radius 3 is 3.06 bits per heavy atom. The van der Waals surface area contributed by atoms with E-state index in [9.17, 15) is 0 Å². The summed E-state index contributed by atoms with van der Waals surface area (Å²) in [4.78, 5) is 0. The first-order chi connectivity index (χ1) is 8.34. The molecule has 2 aromatic rings. The molecule has 0 N–H and O–H groups in total. The van der Waals surface area contributed by atoms with Crippen LogP contribution >= 0.6 is 0 Å². The standard InChI is InChI=1S/C11H15N5O/c1-9-14-12-8-15(9)10-6-13-16(7-10)11-4-2-3-5-17-11/h6-8,11H,2-5H2,1H3. The van der Waals surface area contributed by atoms with Gasteiger partial charge in [0.15, 0.2) is 0 Å². The van der Waals surface area contributed by atoms with Crippen LogP contribution in [0.5, 0.6) is 0 Å². The smallest absolute Gasteiger partial charge is 0.150 e. The van der Waals surface area contributed by atoms with Crippen molar-refractivity contribution < 1.29 is 4.74 Å². The van der Waals surface area contributed by atoms with Gasteiger partial charge in [0.2, 0.25) is 0 Å². The van der Waals surface area contributed by atoms with E-state index in [4.69, 9.17) is 4.74 Å². The van der Waals surface area contributed by atoms with E-state index in [0.717, 1.165) is 31.0 Å². The fourth-order valence-corrected chi connectivity index (χ4v) is 2.09. The van der Waals surface area contributed by atoms with Gasteiger partial charge < -0.3 is 4.74 Å². The lowest BCUT2D eigenvalue weighted by Crippen LogP contribution is -2.18. The summed E-state index contributed by atoms with van der Waals surface area (Å²) in [6.45, 7) is 2.74. The van der Waals surface area contributed by atoms with Gasteiger partial charge in [-0.15, -0.1) is 10.2 Å². The van der Waals surface area contributed by atoms with Gasteiger partial charge in [0, 0.05) is 6.61 Å². The summed E-state index contributed by atoms with van der Waals surface area (Å²) in [5.74, 6) is 0.856. The second-order valence-electron chi connectivity index (χ2n) is 4.25. The molecule has 17 heavy (non-hydrogen) atoms. The molecule has 1 unspecified atom stereocenters. The van der Waals surface area contributed by atoms with E-state index in [1.807, 2.05) is 28.6 Å². The minimum Gasteiger partial charge on any atom is -0.357 e. The molecule has 3 heterocycles. The quantitative estimate of drug-likeness (QED) is 0.788. The Morgan fingerprint density at radius 2 is 2.35 bits per heavy atom. The van der Waals surface area contributed by atoms with E-state index in [0.29, 0.717) is 0 Å². The molecule has 1 atom stereocenters. The van der Waals surface area contributed by atoms with Crippen molar-refractivity contribution in [3.05, 3.63) is 24.5 Å². The Hall–Kier alpha value is -1.69. The number of ether oxygens (including phenoxy) is 1. The fourth-order valence-electron chi connectivity index (χ4n) is 2.09. The molecule has 90 valence electrons. The maximum Gasteiger partial charge on any atom is 0.150 e. The fraction of sp³-hybridized carbons (Fsp3) is 0.545. The third-order valence-electron chi connectivity index (χ3n) is 3.03. The molecule has 1 aliphatic heterocycles. The summed E-state index contributed by atoms with van der Waals surface area (Å²) in [5.41, 5.74) is 0.974. The van der Waals surface area contributed by atoms with Crippen molar-refractivity contribution in [3.63, 3.8) is 0 Å². The zero-order valence-electron chi connectivity index (χ0n) is 9.78. The summed E-state index contributed by atoms with van der Waals surface area (Å²) in [5, 5.41) is 12.2. The van der Waals surface area contributed by atoms with Crippen LogP contribution in [0.15, 0.2) is 18.7 Å². The molecule has 6 heteroatoms. The van der Waals surface area contributed by atoms with Crippen molar-refractivity contribution in [2.45, 2.75) is 32.4 Å². The predicted molar refractivity (Wildman–Crippen MR) is 60.7 cm³/mol. The molecule has 0 amide bonds. The average Bonchev–Trinajstić information content (AvgIpc) is 2.98. The summed E-state index contributed by atoms with van der Waals surface area (Å²) >= 11 is 0. The zero-order valence-corrected chi connectivity index (χ0v) is 9.78. The van der Waals surface area contributed by atoms with Crippen LogP contribution in [-0.2, 0) is 4.74 Å². The van der Waals surface area contributed by atoms with Gasteiger partial charge in [0.25, 0.3) is 0 Å². The first-order valence-electron chi connectivity index (χ1n) is 5.87. The molecule has 0 radical (unpaired) electrons. The maximum absolute atomic E-state index is 5.68. The van der Waals surface area contributed by atoms with Crippen LogP contribution in [0.4, 0.5) is 0 Å². The normalized spacial score (nSPS) is 20.6. The molecular formula is C11H15N5O. The van der Waals surface area contributed by atoms with Crippen molar-refractivity contribution >= 4 is 0 Å². The van der Waals surface area contributed by atoms with Crippen molar-refractivity contribution in [2.24, 2.45) is 0 Å². The van der Waals surface area contributed by atoms with E-state index in [2.05, 4.69) is 15.3 Å². The first-order valence-corrected chi connectivity index (χ1v) is 5.87. The minimum absolute atomic E-state index is 0.0780. The van der Waals surface area contributed by atoms with E-state index in [-0.39, 0.29) is 6.23 Å². The highest BCUT2D eigenvalue weighted by molar-refractivity contribution is 5.26. The number of aromatic nitrogens is 5. The van der Waals surface area contributed by atoms with Gasteiger partial charge in [-0.3, -0.25) is 4.57 Å². The van der Waals surface area contributed by atoms with E-state index in [1.54, 1.807) is 6.33 Å². The van der Waals surface area contributed by atoms with Crippen LogP contribution in [0.3, 0.4) is 0 Å². The van der Waals surface area contributed by atoms with Gasteiger partial charge in [-0.2, -0.15) is 5.10 Å². The van der Waals surface area contributed by atoms with Gasteiger partial charge >= 0.3 is 0 Å². The predicted octanol–water partition coefficient (Wildman–Crippen LogP) is 1.47. The molecule has 0 spiro atoms. The van der Waals surface area contributed by atoms with Crippen molar-refractivity contribution in [1.82, 2.24) is 24.5 Å². The summed E-state index contributed by atoms with van der Waals surface area (Å²) < 4.78 is 9.48. The van der Waals surface area contributed by atoms with Gasteiger partial charge in [-0.25, -0.2) is 4.68 Å². The molecule has 6 nitrogen and oxygen atoms in total. The van der Waals surface area contributed by atoms with Crippen LogP contribution < -0.4 is 0 Å². The molecule has 0 aliphatic carbocycles. The molecule has 0 saturated carbocycles. The van der Waals surface area contributed by atoms with Crippen LogP contribution in [-0.4, -0.2) is 31.2 Å². The minimum atomic E-state index is 0.0780. The third kappa shape index (κ3) is 1.95. The van der Waals surface area contributed by atoms with Crippen LogP contribution in [0.2, 0.25) is 0 Å². The average molecular weight is 233 g/mol. The number of rotatable bonds is 2. The topological polar surface area (TPSA) is 57.8 Å². The van der Waals surface area contributed by atoms with Gasteiger partial charge in [-0.1, -0.05) is 0 Å². The number of hydrogen-bond donors (Lipinski definition) is 0. The molecule has 0 aromatic carbocycles. The maximum atomic E-state index is 5.68. The zero-order chi connectivity index (χ0) is 11.7. The Bertz CT molecular complexity index is 497. The SMILES string of the molecule is Cc1nncn1-c1cnn(C2CCCCO2)c1. The summed E-state index contributed by atoms with van der Waals surface area (Å²) in [7, 11) is 0. The highest BCUT2D eigenvalue weighted by Crippen LogP contribution is 2.22. The summed E-state index contributed by atoms with van der Waals surface area (Å²) in [6.07, 6.45) is 8.94. The van der Waals surface area contributed by atoms with E-state index >= 15 is 0 Å². The summed E-state index contributed by atoms with van der Waals surface area (Å²) in [6, 6.07) is 0. The Labute approximate surface area is 99.2 Å². The highest BCUT2D eigenvalue weighted by Gasteiger charge is 2.17. The van der Waals surface area contributed by atoms with Gasteiger partial charge in [-0.05, 0) is 26.2 Å². The second-order valence-corrected chi connectivity index (χ2v) is 4.25. The lowest BCUT2D eigenvalue weighted by molar-refractivity contribution is -0.0394. The first kappa shape index (κ1) is 10.5. The lowest BCUT2D eigenvalue weighted by Gasteiger charge is -2.22. The monoisotopic (exact) mass is 233 g/mol. The molecular weight excluding hydrogens is 218 g/mol. The lowest BCUT2D eigenvalue weighted by atomic mass is 10.2. The Morgan fingerprint density at radius 1 is 1.41 bits per heavy atom. The molecule has 3 rings (SSSR count). The Balaban J connectivity index is 1.85. The molecule has 2 aromatic heterocycles. The highest BCUT2D eigenvalue weighted by atomic mass is 16.5. The number of nitrogens with zero attached hydrogens (tertiary/aromatic N) is 5. The van der Waals surface area contributed by atoms with Crippen molar-refractivity contribution in [2.75, 3.05) is 6.61 Å².